The molecule has 3 N–H and O–H groups in total. The van der Waals surface area contributed by atoms with Crippen molar-refractivity contribution in [1.29, 1.82) is 0 Å². The van der Waals surface area contributed by atoms with Crippen molar-refractivity contribution in [3.63, 3.8) is 0 Å². The number of fused-ring (bicyclic) bond motifs is 4. The largest absolute Gasteiger partial charge is 0.497 e. The van der Waals surface area contributed by atoms with Crippen LogP contribution in [0.4, 0.5) is 11.4 Å². The molecule has 3 aromatic carbocycles. The molecule has 0 radical (unpaired) electrons. The highest BCUT2D eigenvalue weighted by molar-refractivity contribution is 7.80. The van der Waals surface area contributed by atoms with Gasteiger partial charge in [0.1, 0.15) is 17.1 Å². The first-order valence-corrected chi connectivity index (χ1v) is 14.4. The number of methoxy groups -OCH3 is 1. The molecule has 0 saturated carbocycles. The molecule has 3 fully saturated rings. The fourth-order valence-electron chi connectivity index (χ4n) is 6.41. The van der Waals surface area contributed by atoms with Crippen LogP contribution >= 0.6 is 12.2 Å². The quantitative estimate of drug-likeness (QED) is 0.155. The minimum absolute atomic E-state index is 0.171. The molecule has 3 saturated heterocycles. The molecule has 4 unspecified atom stereocenters. The summed E-state index contributed by atoms with van der Waals surface area (Å²) >= 11 is 5.78. The van der Waals surface area contributed by atoms with E-state index in [4.69, 9.17) is 17.0 Å². The number of piperidine rings is 3. The summed E-state index contributed by atoms with van der Waals surface area (Å²) in [5.41, 5.74) is 2.26. The second-order valence-electron chi connectivity index (χ2n) is 10.9. The summed E-state index contributed by atoms with van der Waals surface area (Å²) in [4.78, 5) is 32.1. The zero-order valence-electron chi connectivity index (χ0n) is 22.9. The minimum Gasteiger partial charge on any atom is -0.497 e. The van der Waals surface area contributed by atoms with Gasteiger partial charge in [0.25, 0.3) is 10.9 Å². The van der Waals surface area contributed by atoms with E-state index in [1.807, 2.05) is 60.8 Å². The van der Waals surface area contributed by atoms with Gasteiger partial charge in [0, 0.05) is 30.7 Å². The Labute approximate surface area is 244 Å². The van der Waals surface area contributed by atoms with Crippen molar-refractivity contribution < 1.29 is 4.74 Å². The fourth-order valence-corrected chi connectivity index (χ4v) is 6.64. The van der Waals surface area contributed by atoms with E-state index in [1.54, 1.807) is 7.11 Å². The first kappa shape index (κ1) is 27.1. The third kappa shape index (κ3) is 5.23. The summed E-state index contributed by atoms with van der Waals surface area (Å²) in [6, 6.07) is 17.6. The van der Waals surface area contributed by atoms with Crippen LogP contribution in [0.3, 0.4) is 0 Å². The normalized spacial score (nSPS) is 22.3. The number of hydrogen-bond acceptors (Lipinski definition) is 7. The third-order valence-corrected chi connectivity index (χ3v) is 8.82. The number of aromatic nitrogens is 1. The number of nitrogens with one attached hydrogen (secondary N) is 3. The molecule has 4 aromatic rings. The average molecular weight is 568 g/mol. The Morgan fingerprint density at radius 1 is 1.17 bits per heavy atom. The van der Waals surface area contributed by atoms with Gasteiger partial charge in [0.05, 0.1) is 18.7 Å². The Bertz CT molecular complexity index is 1670. The van der Waals surface area contributed by atoms with E-state index in [0.717, 1.165) is 53.7 Å². The first-order valence-electron chi connectivity index (χ1n) is 13.9. The van der Waals surface area contributed by atoms with Gasteiger partial charge in [-0.2, -0.15) is 0 Å². The number of rotatable bonds is 9. The van der Waals surface area contributed by atoms with Crippen LogP contribution in [0.1, 0.15) is 30.0 Å². The number of pyridine rings is 1. The van der Waals surface area contributed by atoms with Crippen LogP contribution in [0, 0.1) is 11.8 Å². The summed E-state index contributed by atoms with van der Waals surface area (Å²) in [7, 11) is 1.65. The summed E-state index contributed by atoms with van der Waals surface area (Å²) in [6.07, 6.45) is 6.05. The number of thiocarbonyl (C=S) groups is 1. The fraction of sp³-hybridized carbons (Fsp3) is 0.312. The molecule has 3 aliphatic heterocycles. The minimum atomic E-state index is -0.574. The Kier molecular flexibility index (Phi) is 7.55. The Hall–Kier alpha value is -4.08. The van der Waals surface area contributed by atoms with Gasteiger partial charge >= 0.3 is 0 Å². The van der Waals surface area contributed by atoms with E-state index in [0.29, 0.717) is 23.5 Å². The molecule has 0 spiro atoms. The highest BCUT2D eigenvalue weighted by Gasteiger charge is 2.43. The van der Waals surface area contributed by atoms with Gasteiger partial charge in [0.15, 0.2) is 5.11 Å². The van der Waals surface area contributed by atoms with Gasteiger partial charge in [-0.05, 0) is 78.8 Å². The molecule has 1 aromatic heterocycles. The van der Waals surface area contributed by atoms with Crippen LogP contribution in [-0.4, -0.2) is 41.2 Å². The smallest absolute Gasteiger partial charge is 0.253 e. The van der Waals surface area contributed by atoms with Crippen molar-refractivity contribution >= 4 is 39.6 Å². The SMILES string of the molecule is C=CC1CN2CCC1CC2[C@@H](NC(=S)Nc1c(NCc2ccccc2)c(=O)c1=O)c1ccnc2ccc(OC)cc12. The topological polar surface area (TPSA) is 95.6 Å². The predicted octanol–water partition coefficient (Wildman–Crippen LogP) is 4.38. The van der Waals surface area contributed by atoms with Crippen molar-refractivity contribution in [2.75, 3.05) is 30.8 Å². The lowest BCUT2D eigenvalue weighted by Gasteiger charge is -2.52. The Morgan fingerprint density at radius 2 is 1.98 bits per heavy atom. The Morgan fingerprint density at radius 3 is 2.71 bits per heavy atom. The molecule has 210 valence electrons. The molecule has 41 heavy (non-hydrogen) atoms. The van der Waals surface area contributed by atoms with E-state index in [2.05, 4.69) is 38.5 Å². The van der Waals surface area contributed by atoms with E-state index >= 15 is 0 Å². The lowest BCUT2D eigenvalue weighted by molar-refractivity contribution is 0.00443. The zero-order chi connectivity index (χ0) is 28.5. The lowest BCUT2D eigenvalue weighted by atomic mass is 9.73. The van der Waals surface area contributed by atoms with E-state index in [1.165, 1.54) is 0 Å². The van der Waals surface area contributed by atoms with Crippen LogP contribution in [-0.2, 0) is 6.54 Å². The van der Waals surface area contributed by atoms with Gasteiger partial charge in [-0.25, -0.2) is 0 Å². The van der Waals surface area contributed by atoms with Gasteiger partial charge < -0.3 is 20.7 Å². The highest BCUT2D eigenvalue weighted by Crippen LogP contribution is 2.42. The molecular formula is C32H33N5O3S. The summed E-state index contributed by atoms with van der Waals surface area (Å²) < 4.78 is 5.53. The van der Waals surface area contributed by atoms with Gasteiger partial charge in [0.2, 0.25) is 0 Å². The second-order valence-corrected chi connectivity index (χ2v) is 11.3. The Balaban J connectivity index is 1.29. The summed E-state index contributed by atoms with van der Waals surface area (Å²) in [5, 5.41) is 11.0. The predicted molar refractivity (Wildman–Crippen MR) is 167 cm³/mol. The molecule has 5 atom stereocenters. The number of anilines is 2. The van der Waals surface area contributed by atoms with Crippen molar-refractivity contribution in [1.82, 2.24) is 15.2 Å². The molecule has 3 aliphatic rings. The van der Waals surface area contributed by atoms with Gasteiger partial charge in [-0.3, -0.25) is 19.5 Å². The first-order chi connectivity index (χ1) is 20.0. The number of ether oxygens (including phenoxy) is 1. The maximum Gasteiger partial charge on any atom is 0.253 e. The van der Waals surface area contributed by atoms with Gasteiger partial charge in [-0.1, -0.05) is 36.4 Å². The molecule has 7 rings (SSSR count). The van der Waals surface area contributed by atoms with Crippen LogP contribution in [0.15, 0.2) is 83.0 Å². The third-order valence-electron chi connectivity index (χ3n) is 8.60. The van der Waals surface area contributed by atoms with Crippen LogP contribution in [0.5, 0.6) is 5.75 Å². The van der Waals surface area contributed by atoms with Crippen LogP contribution in [0.25, 0.3) is 10.9 Å². The monoisotopic (exact) mass is 567 g/mol. The van der Waals surface area contributed by atoms with Crippen molar-refractivity contribution in [2.24, 2.45) is 11.8 Å². The summed E-state index contributed by atoms with van der Waals surface area (Å²) in [5.74, 6) is 1.78. The second kappa shape index (κ2) is 11.4. The van der Waals surface area contributed by atoms with E-state index in [-0.39, 0.29) is 23.5 Å². The van der Waals surface area contributed by atoms with Crippen molar-refractivity contribution in [3.05, 3.63) is 105 Å². The standard InChI is InChI=1S/C32H33N5O3S/c1-3-20-18-37-14-12-21(20)15-26(37)27(23-11-13-33-25-10-9-22(40-2)16-24(23)25)35-32(41)36-29-28(30(38)31(29)39)34-17-19-7-5-4-6-8-19/h3-11,13,16,20-21,26-27,34H,1,12,14-15,17-18H2,2H3,(H2,35,36,41)/t20?,21?,26?,27-/m0/s1. The number of nitrogens with zero attached hydrogens (tertiary/aromatic N) is 2. The summed E-state index contributed by atoms with van der Waals surface area (Å²) in [6.45, 7) is 6.47. The molecule has 2 bridgehead atoms. The molecule has 9 heteroatoms. The molecular weight excluding hydrogens is 534 g/mol. The van der Waals surface area contributed by atoms with E-state index in [9.17, 15) is 9.59 Å². The van der Waals surface area contributed by atoms with Gasteiger partial charge in [-0.15, -0.1) is 6.58 Å². The molecule has 0 aliphatic carbocycles. The van der Waals surface area contributed by atoms with Crippen molar-refractivity contribution in [3.8, 4) is 5.75 Å². The van der Waals surface area contributed by atoms with Crippen molar-refractivity contribution in [2.45, 2.75) is 31.5 Å². The van der Waals surface area contributed by atoms with E-state index < -0.39 is 10.9 Å². The number of hydrogen-bond donors (Lipinski definition) is 3. The van der Waals surface area contributed by atoms with Crippen LogP contribution in [0.2, 0.25) is 0 Å². The number of benzene rings is 2. The zero-order valence-corrected chi connectivity index (χ0v) is 23.7. The molecule has 8 nitrogen and oxygen atoms in total. The molecule has 4 heterocycles. The maximum absolute atomic E-state index is 12.6. The highest BCUT2D eigenvalue weighted by atomic mass is 32.1. The van der Waals surface area contributed by atoms with Crippen LogP contribution < -0.4 is 31.5 Å². The lowest BCUT2D eigenvalue weighted by Crippen LogP contribution is -2.57. The molecule has 0 amide bonds. The average Bonchev–Trinajstić information content (AvgIpc) is 3.03. The maximum atomic E-state index is 12.6.